The van der Waals surface area contributed by atoms with E-state index >= 15 is 0 Å². The van der Waals surface area contributed by atoms with E-state index in [1.54, 1.807) is 0 Å². The molecule has 0 aromatic heterocycles. The lowest BCUT2D eigenvalue weighted by atomic mass is 10.1. The zero-order valence-corrected chi connectivity index (χ0v) is 6.91. The Hall–Kier alpha value is -0.810. The van der Waals surface area contributed by atoms with Gasteiger partial charge in [-0.1, -0.05) is 13.8 Å². The van der Waals surface area contributed by atoms with Gasteiger partial charge in [0, 0.05) is 11.4 Å². The molecular weight excluding hydrogens is 192 g/mol. The predicted molar refractivity (Wildman–Crippen MR) is 32.2 cm³/mol. The Labute approximate surface area is 71.5 Å². The number of aliphatic carboxylic acids is 1. The molecule has 0 heterocycles. The van der Waals surface area contributed by atoms with Crippen molar-refractivity contribution in [2.24, 2.45) is 11.3 Å². The van der Waals surface area contributed by atoms with E-state index in [0.29, 0.717) is 0 Å². The van der Waals surface area contributed by atoms with E-state index < -0.39 is 29.1 Å². The van der Waals surface area contributed by atoms with Crippen LogP contribution < -0.4 is 5.11 Å². The smallest absolute Gasteiger partial charge is 0.423 e. The van der Waals surface area contributed by atoms with Gasteiger partial charge in [-0.3, -0.25) is 0 Å². The lowest BCUT2D eigenvalue weighted by molar-refractivity contribution is -0.312. The molecule has 0 saturated heterocycles. The summed E-state index contributed by atoms with van der Waals surface area (Å²) in [7, 11) is 0. The second kappa shape index (κ2) is 2.16. The second-order valence-corrected chi connectivity index (χ2v) is 3.68. The number of carboxylic acid groups (broad SMARTS) is 1. The van der Waals surface area contributed by atoms with Crippen molar-refractivity contribution in [2.75, 3.05) is 0 Å². The monoisotopic (exact) mass is 199 g/mol. The van der Waals surface area contributed by atoms with Gasteiger partial charge in [-0.2, -0.15) is 13.2 Å². The number of carboxylic acids is 1. The number of halogens is 4. The Bertz CT molecular complexity index is 258. The van der Waals surface area contributed by atoms with Crippen LogP contribution in [0.15, 0.2) is 0 Å². The summed E-state index contributed by atoms with van der Waals surface area (Å²) in [4.78, 5) is 10.2. The van der Waals surface area contributed by atoms with Crippen LogP contribution in [0.25, 0.3) is 0 Å². The van der Waals surface area contributed by atoms with E-state index in [-0.39, 0.29) is 0 Å². The first kappa shape index (κ1) is 10.3. The van der Waals surface area contributed by atoms with Crippen LogP contribution >= 0.6 is 0 Å². The van der Waals surface area contributed by atoms with E-state index in [2.05, 4.69) is 0 Å². The van der Waals surface area contributed by atoms with Crippen LogP contribution in [0.1, 0.15) is 13.8 Å². The highest BCUT2D eigenvalue weighted by atomic mass is 19.4. The quantitative estimate of drug-likeness (QED) is 0.582. The van der Waals surface area contributed by atoms with Gasteiger partial charge in [-0.25, -0.2) is 4.39 Å². The molecule has 0 amide bonds. The van der Waals surface area contributed by atoms with Crippen molar-refractivity contribution in [3.8, 4) is 0 Å². The number of carbonyl (C=O) groups is 1. The molecule has 0 aromatic rings. The van der Waals surface area contributed by atoms with Crippen LogP contribution in [-0.2, 0) is 4.79 Å². The number of hydrogen-bond acceptors (Lipinski definition) is 2. The van der Waals surface area contributed by atoms with Crippen molar-refractivity contribution >= 4 is 5.97 Å². The molecule has 0 N–H and O–H groups in total. The molecule has 1 fully saturated rings. The first-order chi connectivity index (χ1) is 5.57. The highest BCUT2D eigenvalue weighted by Gasteiger charge is 2.85. The van der Waals surface area contributed by atoms with Crippen LogP contribution in [-0.4, -0.2) is 17.8 Å². The van der Waals surface area contributed by atoms with E-state index in [1.165, 1.54) is 0 Å². The predicted octanol–water partition coefficient (Wildman–Crippen LogP) is 0.663. The zero-order chi connectivity index (χ0) is 10.7. The Morgan fingerprint density at radius 2 is 1.77 bits per heavy atom. The van der Waals surface area contributed by atoms with E-state index in [1.807, 2.05) is 0 Å². The minimum atomic E-state index is -5.15. The fourth-order valence-corrected chi connectivity index (χ4v) is 1.70. The molecule has 0 bridgehead atoms. The van der Waals surface area contributed by atoms with Crippen LogP contribution in [0.4, 0.5) is 17.6 Å². The van der Waals surface area contributed by atoms with E-state index in [4.69, 9.17) is 0 Å². The Morgan fingerprint density at radius 3 is 1.85 bits per heavy atom. The van der Waals surface area contributed by atoms with Gasteiger partial charge < -0.3 is 9.90 Å². The number of hydrogen-bond donors (Lipinski definition) is 0. The number of alkyl halides is 4. The molecule has 13 heavy (non-hydrogen) atoms. The third-order valence-corrected chi connectivity index (χ3v) is 2.62. The lowest BCUT2D eigenvalue weighted by Crippen LogP contribution is -2.36. The number of carbonyl (C=O) groups excluding carboxylic acids is 1. The SMILES string of the molecule is CC1(C)C(C(=O)[O-])C1(F)C(F)(F)F. The maximum atomic E-state index is 13.2. The Balaban J connectivity index is 3.04. The molecule has 76 valence electrons. The van der Waals surface area contributed by atoms with Crippen LogP contribution in [0, 0.1) is 11.3 Å². The van der Waals surface area contributed by atoms with Crippen LogP contribution in [0.5, 0.6) is 0 Å². The topological polar surface area (TPSA) is 40.1 Å². The molecule has 1 aliphatic carbocycles. The van der Waals surface area contributed by atoms with Crippen molar-refractivity contribution in [3.05, 3.63) is 0 Å². The fraction of sp³-hybridized carbons (Fsp3) is 0.857. The van der Waals surface area contributed by atoms with Crippen LogP contribution in [0.2, 0.25) is 0 Å². The molecule has 2 atom stereocenters. The summed E-state index contributed by atoms with van der Waals surface area (Å²) in [5.41, 5.74) is -5.57. The molecule has 1 aliphatic rings. The zero-order valence-electron chi connectivity index (χ0n) is 6.91. The molecular formula is C7H7F4O2-. The molecule has 0 radical (unpaired) electrons. The van der Waals surface area contributed by atoms with Gasteiger partial charge in [-0.05, 0) is 0 Å². The van der Waals surface area contributed by atoms with Crippen molar-refractivity contribution < 1.29 is 27.5 Å². The molecule has 6 heteroatoms. The summed E-state index contributed by atoms with van der Waals surface area (Å²) in [5.74, 6) is -4.09. The molecule has 0 spiro atoms. The van der Waals surface area contributed by atoms with Crippen molar-refractivity contribution in [2.45, 2.75) is 25.7 Å². The summed E-state index contributed by atoms with van der Waals surface area (Å²) < 4.78 is 49.3. The van der Waals surface area contributed by atoms with Gasteiger partial charge >= 0.3 is 6.18 Å². The fourth-order valence-electron chi connectivity index (χ4n) is 1.70. The van der Waals surface area contributed by atoms with Gasteiger partial charge in [0.25, 0.3) is 0 Å². The Kier molecular flexibility index (Phi) is 1.71. The highest BCUT2D eigenvalue weighted by Crippen LogP contribution is 2.70. The van der Waals surface area contributed by atoms with Gasteiger partial charge in [0.2, 0.25) is 5.67 Å². The van der Waals surface area contributed by atoms with E-state index in [0.717, 1.165) is 13.8 Å². The summed E-state index contributed by atoms with van der Waals surface area (Å²) in [6.07, 6.45) is -5.15. The average Bonchev–Trinajstić information content (AvgIpc) is 2.26. The summed E-state index contributed by atoms with van der Waals surface area (Å²) in [6, 6.07) is 0. The molecule has 1 saturated carbocycles. The molecule has 0 aromatic carbocycles. The minimum absolute atomic E-state index is 0.918. The van der Waals surface area contributed by atoms with Crippen molar-refractivity contribution in [1.29, 1.82) is 0 Å². The molecule has 1 rings (SSSR count). The van der Waals surface area contributed by atoms with Gasteiger partial charge in [0.05, 0.1) is 5.92 Å². The third kappa shape index (κ3) is 0.971. The third-order valence-electron chi connectivity index (χ3n) is 2.62. The maximum absolute atomic E-state index is 13.2. The number of rotatable bonds is 1. The largest absolute Gasteiger partial charge is 0.550 e. The molecule has 2 nitrogen and oxygen atoms in total. The second-order valence-electron chi connectivity index (χ2n) is 3.68. The highest BCUT2D eigenvalue weighted by molar-refractivity contribution is 5.76. The van der Waals surface area contributed by atoms with E-state index in [9.17, 15) is 27.5 Å². The first-order valence-corrected chi connectivity index (χ1v) is 3.53. The standard InChI is InChI=1S/C7H8F4O2/c1-5(2)3(4(12)13)6(5,8)7(9,10)11/h3H,1-2H3,(H,12,13)/p-1. The summed E-state index contributed by atoms with van der Waals surface area (Å²) in [5, 5.41) is 10.2. The normalized spacial score (nSPS) is 37.2. The first-order valence-electron chi connectivity index (χ1n) is 3.53. The summed E-state index contributed by atoms with van der Waals surface area (Å²) in [6.45, 7) is 1.84. The van der Waals surface area contributed by atoms with Gasteiger partial charge in [0.1, 0.15) is 0 Å². The van der Waals surface area contributed by atoms with Gasteiger partial charge in [0.15, 0.2) is 0 Å². The Morgan fingerprint density at radius 1 is 1.38 bits per heavy atom. The maximum Gasteiger partial charge on any atom is 0.423 e. The average molecular weight is 199 g/mol. The van der Waals surface area contributed by atoms with Crippen molar-refractivity contribution in [1.82, 2.24) is 0 Å². The molecule has 0 aliphatic heterocycles. The van der Waals surface area contributed by atoms with Gasteiger partial charge in [-0.15, -0.1) is 0 Å². The van der Waals surface area contributed by atoms with Crippen molar-refractivity contribution in [3.63, 3.8) is 0 Å². The minimum Gasteiger partial charge on any atom is -0.550 e. The lowest BCUT2D eigenvalue weighted by Gasteiger charge is -2.14. The van der Waals surface area contributed by atoms with Crippen LogP contribution in [0.3, 0.4) is 0 Å². The molecule has 2 unspecified atom stereocenters. The summed E-state index contributed by atoms with van der Waals surface area (Å²) >= 11 is 0.